The maximum Gasteiger partial charge on any atom is 0.202 e. The molecular formula is C30H38N4O7. The van der Waals surface area contributed by atoms with E-state index >= 15 is 0 Å². The number of Topliss-reactive ketones (excluding diaryl/α,β-unsaturated/α-hetero) is 3. The van der Waals surface area contributed by atoms with Crippen LogP contribution in [-0.4, -0.2) is 107 Å². The lowest BCUT2D eigenvalue weighted by Crippen LogP contribution is -2.65. The number of aliphatic hydroxyl groups excluding tert-OH is 2. The predicted molar refractivity (Wildman–Crippen MR) is 150 cm³/mol. The maximum atomic E-state index is 14.1. The standard InChI is InChI=1S/C30H38N4O7/c1-12(35)20-27(38)24(33(4)5)18-7-13-6-15-19(32(2)3)8-14(9-34-10-16-17(11-34)23(16)31)25(36)22(15)26(37)21(13)29(40)30(18,41)28(20)39/h8,13,16-18,23-24,36-37,39,41H,6-7,9-11,31H2,1-5H3/t13-,16?,17?,18-,23?,24-,30+/m0/s1. The lowest BCUT2D eigenvalue weighted by atomic mass is 9.57. The maximum absolute atomic E-state index is 14.1. The van der Waals surface area contributed by atoms with E-state index in [1.807, 2.05) is 25.1 Å². The molecule has 2 unspecified atom stereocenters. The third kappa shape index (κ3) is 3.75. The fourth-order valence-electron chi connectivity index (χ4n) is 8.00. The summed E-state index contributed by atoms with van der Waals surface area (Å²) in [6.45, 7) is 3.21. The monoisotopic (exact) mass is 566 g/mol. The van der Waals surface area contributed by atoms with Gasteiger partial charge in [-0.05, 0) is 63.2 Å². The number of piperidine rings is 1. The lowest BCUT2D eigenvalue weighted by molar-refractivity contribution is -0.153. The highest BCUT2D eigenvalue weighted by Gasteiger charge is 2.64. The summed E-state index contributed by atoms with van der Waals surface area (Å²) in [5.74, 6) is -4.62. The highest BCUT2D eigenvalue weighted by atomic mass is 16.3. The summed E-state index contributed by atoms with van der Waals surface area (Å²) in [5, 5.41) is 46.1. The van der Waals surface area contributed by atoms with Gasteiger partial charge < -0.3 is 31.1 Å². The number of carbonyl (C=O) groups is 3. The molecule has 11 nitrogen and oxygen atoms in total. The Morgan fingerprint density at radius 3 is 2.32 bits per heavy atom. The van der Waals surface area contributed by atoms with Crippen LogP contribution in [0.2, 0.25) is 0 Å². The van der Waals surface area contributed by atoms with Crippen LogP contribution in [0.1, 0.15) is 30.0 Å². The second-order valence-corrected chi connectivity index (χ2v) is 12.9. The normalized spacial score (nSPS) is 34.4. The first-order chi connectivity index (χ1) is 19.2. The number of likely N-dealkylation sites (N-methyl/N-ethyl adjacent to an activating group) is 1. The molecule has 1 saturated heterocycles. The van der Waals surface area contributed by atoms with E-state index in [-0.39, 0.29) is 35.8 Å². The molecule has 0 bridgehead atoms. The molecule has 6 atom stereocenters. The number of hydrogen-bond donors (Lipinski definition) is 5. The van der Waals surface area contributed by atoms with Crippen molar-refractivity contribution in [2.45, 2.75) is 44.0 Å². The predicted octanol–water partition coefficient (Wildman–Crippen LogP) is 0.523. The SMILES string of the molecule is CC(=O)C1=C(O)[C@@]2(O)C(=O)C3=C(O)c4c(O)c(CN5CC6C(N)C6C5)cc(N(C)C)c4C[C@H]3C[C@H]2[C@H](N(C)C)C1=O. The van der Waals surface area contributed by atoms with Crippen LogP contribution in [0.25, 0.3) is 5.76 Å². The molecule has 1 aromatic carbocycles. The van der Waals surface area contributed by atoms with E-state index in [0.717, 1.165) is 25.7 Å². The van der Waals surface area contributed by atoms with E-state index in [1.165, 1.54) is 0 Å². The number of benzene rings is 1. The zero-order chi connectivity index (χ0) is 29.9. The summed E-state index contributed by atoms with van der Waals surface area (Å²) in [6, 6.07) is 1.11. The topological polar surface area (TPSA) is 168 Å². The molecule has 3 fully saturated rings. The first kappa shape index (κ1) is 27.9. The van der Waals surface area contributed by atoms with Gasteiger partial charge in [-0.25, -0.2) is 0 Å². The van der Waals surface area contributed by atoms with Gasteiger partial charge in [0.05, 0.1) is 11.6 Å². The van der Waals surface area contributed by atoms with Crippen LogP contribution in [0, 0.1) is 23.7 Å². The van der Waals surface area contributed by atoms with Crippen molar-refractivity contribution in [1.29, 1.82) is 0 Å². The molecule has 0 amide bonds. The number of phenols is 1. The molecule has 6 N–H and O–H groups in total. The smallest absolute Gasteiger partial charge is 0.202 e. The van der Waals surface area contributed by atoms with Crippen molar-refractivity contribution in [3.63, 3.8) is 0 Å². The molecule has 0 spiro atoms. The van der Waals surface area contributed by atoms with Gasteiger partial charge in [-0.2, -0.15) is 0 Å². The van der Waals surface area contributed by atoms with Gasteiger partial charge >= 0.3 is 0 Å². The van der Waals surface area contributed by atoms with Crippen LogP contribution in [0.4, 0.5) is 5.69 Å². The Labute approximate surface area is 238 Å². The van der Waals surface area contributed by atoms with Crippen LogP contribution in [0.15, 0.2) is 23.0 Å². The zero-order valence-electron chi connectivity index (χ0n) is 24.0. The Morgan fingerprint density at radius 1 is 1.12 bits per heavy atom. The Morgan fingerprint density at radius 2 is 1.76 bits per heavy atom. The van der Waals surface area contributed by atoms with E-state index in [9.17, 15) is 34.8 Å². The molecule has 41 heavy (non-hydrogen) atoms. The summed E-state index contributed by atoms with van der Waals surface area (Å²) in [4.78, 5) is 45.5. The zero-order valence-corrected chi connectivity index (χ0v) is 24.0. The third-order valence-electron chi connectivity index (χ3n) is 10.1. The van der Waals surface area contributed by atoms with E-state index < -0.39 is 57.9 Å². The van der Waals surface area contributed by atoms with Crippen LogP contribution in [0.5, 0.6) is 5.75 Å². The number of rotatable bonds is 5. The first-order valence-electron chi connectivity index (χ1n) is 14.1. The molecule has 11 heteroatoms. The highest BCUT2D eigenvalue weighted by molar-refractivity contribution is 6.25. The fourth-order valence-corrected chi connectivity index (χ4v) is 8.00. The number of nitrogens with zero attached hydrogens (tertiary/aromatic N) is 3. The molecule has 1 aromatic rings. The largest absolute Gasteiger partial charge is 0.508 e. The van der Waals surface area contributed by atoms with E-state index in [2.05, 4.69) is 4.90 Å². The van der Waals surface area contributed by atoms with E-state index in [1.54, 1.807) is 19.0 Å². The van der Waals surface area contributed by atoms with E-state index in [4.69, 9.17) is 5.73 Å². The van der Waals surface area contributed by atoms with Crippen molar-refractivity contribution in [2.24, 2.45) is 29.4 Å². The molecule has 0 radical (unpaired) electrons. The number of anilines is 1. The molecule has 0 aromatic heterocycles. The van der Waals surface area contributed by atoms with Gasteiger partial charge in [0, 0.05) is 62.5 Å². The van der Waals surface area contributed by atoms with Crippen LogP contribution < -0.4 is 10.6 Å². The molecule has 1 heterocycles. The van der Waals surface area contributed by atoms with Gasteiger partial charge in [-0.1, -0.05) is 0 Å². The molecule has 220 valence electrons. The minimum atomic E-state index is -2.58. The van der Waals surface area contributed by atoms with Crippen molar-refractivity contribution >= 4 is 28.8 Å². The number of fused-ring (bicyclic) bond motifs is 4. The van der Waals surface area contributed by atoms with Gasteiger partial charge in [0.15, 0.2) is 17.2 Å². The number of ketones is 3. The lowest BCUT2D eigenvalue weighted by Gasteiger charge is -2.50. The summed E-state index contributed by atoms with van der Waals surface area (Å²) in [7, 11) is 6.98. The third-order valence-corrected chi connectivity index (χ3v) is 10.1. The number of aliphatic hydroxyl groups is 3. The second-order valence-electron chi connectivity index (χ2n) is 12.9. The number of hydrogen-bond acceptors (Lipinski definition) is 11. The molecular weight excluding hydrogens is 528 g/mol. The minimum absolute atomic E-state index is 0.0943. The van der Waals surface area contributed by atoms with Crippen LogP contribution in [0.3, 0.4) is 0 Å². The van der Waals surface area contributed by atoms with Crippen LogP contribution >= 0.6 is 0 Å². The number of likely N-dealkylation sites (tertiary alicyclic amines) is 1. The molecule has 6 rings (SSSR count). The fraction of sp³-hybridized carbons (Fsp3) is 0.567. The van der Waals surface area contributed by atoms with Crippen molar-refractivity contribution in [2.75, 3.05) is 46.2 Å². The Bertz CT molecular complexity index is 1450. The minimum Gasteiger partial charge on any atom is -0.508 e. The second kappa shape index (κ2) is 9.12. The highest BCUT2D eigenvalue weighted by Crippen LogP contribution is 2.54. The average Bonchev–Trinajstić information content (AvgIpc) is 3.26. The Kier molecular flexibility index (Phi) is 6.21. The van der Waals surface area contributed by atoms with Crippen molar-refractivity contribution in [3.05, 3.63) is 39.7 Å². The number of phenolic OH excluding ortho intramolecular Hbond substituents is 1. The van der Waals surface area contributed by atoms with E-state index in [0.29, 0.717) is 29.5 Å². The Balaban J connectivity index is 1.48. The molecule has 4 aliphatic carbocycles. The van der Waals surface area contributed by atoms with Crippen molar-refractivity contribution < 1.29 is 34.8 Å². The van der Waals surface area contributed by atoms with Crippen molar-refractivity contribution in [3.8, 4) is 5.75 Å². The van der Waals surface area contributed by atoms with Crippen molar-refractivity contribution in [1.82, 2.24) is 9.80 Å². The molecule has 5 aliphatic rings. The first-order valence-corrected chi connectivity index (χ1v) is 14.1. The van der Waals surface area contributed by atoms with Gasteiger partial charge in [0.2, 0.25) is 5.78 Å². The summed E-state index contributed by atoms with van der Waals surface area (Å²) in [5.41, 5.74) is 5.01. The molecule has 1 aliphatic heterocycles. The van der Waals surface area contributed by atoms with Gasteiger partial charge in [0.25, 0.3) is 0 Å². The number of aromatic hydroxyl groups is 1. The van der Waals surface area contributed by atoms with Gasteiger partial charge in [0.1, 0.15) is 22.8 Å². The number of carbonyl (C=O) groups excluding carboxylic acids is 3. The Hall–Kier alpha value is -3.25. The molecule has 2 saturated carbocycles. The number of nitrogens with two attached hydrogens (primary N) is 1. The average molecular weight is 567 g/mol. The summed E-state index contributed by atoms with van der Waals surface area (Å²) >= 11 is 0. The summed E-state index contributed by atoms with van der Waals surface area (Å²) < 4.78 is 0. The quantitative estimate of drug-likeness (QED) is 0.315. The van der Waals surface area contributed by atoms with Gasteiger partial charge in [-0.15, -0.1) is 0 Å². The summed E-state index contributed by atoms with van der Waals surface area (Å²) in [6.07, 6.45) is 0.368. The van der Waals surface area contributed by atoms with Gasteiger partial charge in [-0.3, -0.25) is 24.2 Å². The van der Waals surface area contributed by atoms with Crippen LogP contribution in [-0.2, 0) is 27.3 Å².